The van der Waals surface area contributed by atoms with E-state index in [2.05, 4.69) is 0 Å². The summed E-state index contributed by atoms with van der Waals surface area (Å²) < 4.78 is 16.9. The molecular formula is C26H24N2O4. The van der Waals surface area contributed by atoms with Gasteiger partial charge in [-0.05, 0) is 54.8 Å². The van der Waals surface area contributed by atoms with E-state index in [1.165, 1.54) is 0 Å². The minimum absolute atomic E-state index is 0.0385. The zero-order chi connectivity index (χ0) is 22.1. The van der Waals surface area contributed by atoms with Gasteiger partial charge in [-0.3, -0.25) is 4.79 Å². The summed E-state index contributed by atoms with van der Waals surface area (Å²) in [5, 5.41) is 0. The highest BCUT2D eigenvalue weighted by Crippen LogP contribution is 2.36. The number of methoxy groups -OCH3 is 2. The second kappa shape index (κ2) is 8.38. The molecule has 162 valence electrons. The third kappa shape index (κ3) is 3.58. The molecule has 0 unspecified atom stereocenters. The molecule has 1 atom stereocenters. The molecule has 2 heterocycles. The Bertz CT molecular complexity index is 1280. The van der Waals surface area contributed by atoms with Crippen LogP contribution < -0.4 is 9.47 Å². The predicted molar refractivity (Wildman–Crippen MR) is 122 cm³/mol. The molecule has 5 rings (SSSR count). The summed E-state index contributed by atoms with van der Waals surface area (Å²) in [6.07, 6.45) is 1.73. The molecule has 0 saturated carbocycles. The molecule has 1 aliphatic heterocycles. The van der Waals surface area contributed by atoms with Crippen molar-refractivity contribution in [2.24, 2.45) is 0 Å². The standard InChI is InChI=1S/C26H24N2O4/c1-30-19-8-5-7-18(15-19)26(29)28-14-6-10-22(28)25-27-21-16-17(12-13-24(21)32-25)20-9-3-4-11-23(20)31-2/h3-5,7-9,11-13,15-16,22H,6,10,14H2,1-2H3/t22-/m0/s1. The average Bonchev–Trinajstić information content (AvgIpc) is 3.50. The van der Waals surface area contributed by atoms with Gasteiger partial charge in [-0.2, -0.15) is 0 Å². The molecule has 6 heteroatoms. The van der Waals surface area contributed by atoms with E-state index in [1.54, 1.807) is 20.3 Å². The fourth-order valence-corrected chi connectivity index (χ4v) is 4.33. The zero-order valence-corrected chi connectivity index (χ0v) is 18.1. The van der Waals surface area contributed by atoms with Gasteiger partial charge >= 0.3 is 0 Å². The number of carbonyl (C=O) groups is 1. The first-order chi connectivity index (χ1) is 15.7. The van der Waals surface area contributed by atoms with E-state index < -0.39 is 0 Å². The summed E-state index contributed by atoms with van der Waals surface area (Å²) in [5.41, 5.74) is 4.08. The Balaban J connectivity index is 1.46. The van der Waals surface area contributed by atoms with Crippen LogP contribution in [-0.2, 0) is 0 Å². The quantitative estimate of drug-likeness (QED) is 0.421. The Hall–Kier alpha value is -3.80. The molecule has 3 aromatic carbocycles. The number of aromatic nitrogens is 1. The van der Waals surface area contributed by atoms with Crippen LogP contribution in [0.4, 0.5) is 0 Å². The first-order valence-electron chi connectivity index (χ1n) is 10.7. The normalized spacial score (nSPS) is 15.8. The molecule has 32 heavy (non-hydrogen) atoms. The van der Waals surface area contributed by atoms with Gasteiger partial charge in [-0.1, -0.05) is 30.3 Å². The summed E-state index contributed by atoms with van der Waals surface area (Å²) in [5.74, 6) is 2.01. The molecule has 0 aliphatic carbocycles. The van der Waals surface area contributed by atoms with Gasteiger partial charge in [0, 0.05) is 17.7 Å². The highest BCUT2D eigenvalue weighted by molar-refractivity contribution is 5.95. The summed E-state index contributed by atoms with van der Waals surface area (Å²) in [6.45, 7) is 0.673. The molecule has 0 N–H and O–H groups in total. The number of hydrogen-bond donors (Lipinski definition) is 0. The van der Waals surface area contributed by atoms with E-state index in [4.69, 9.17) is 18.9 Å². The third-order valence-corrected chi connectivity index (χ3v) is 5.94. The number of para-hydroxylation sites is 1. The SMILES string of the molecule is COc1cccc(C(=O)N2CCC[C@H]2c2nc3cc(-c4ccccc4OC)ccc3o2)c1. The Morgan fingerprint density at radius 2 is 1.91 bits per heavy atom. The molecule has 4 aromatic rings. The number of rotatable bonds is 5. The van der Waals surface area contributed by atoms with Crippen LogP contribution in [0.15, 0.2) is 71.1 Å². The number of carbonyl (C=O) groups excluding carboxylic acids is 1. The lowest BCUT2D eigenvalue weighted by molar-refractivity contribution is 0.0716. The lowest BCUT2D eigenvalue weighted by Crippen LogP contribution is -2.30. The molecule has 0 bridgehead atoms. The summed E-state index contributed by atoms with van der Waals surface area (Å²) >= 11 is 0. The zero-order valence-electron chi connectivity index (χ0n) is 18.1. The molecule has 0 radical (unpaired) electrons. The maximum Gasteiger partial charge on any atom is 0.254 e. The second-order valence-corrected chi connectivity index (χ2v) is 7.82. The van der Waals surface area contributed by atoms with Gasteiger partial charge < -0.3 is 18.8 Å². The van der Waals surface area contributed by atoms with Gasteiger partial charge in [0.25, 0.3) is 5.91 Å². The van der Waals surface area contributed by atoms with Crippen LogP contribution in [0, 0.1) is 0 Å². The van der Waals surface area contributed by atoms with Gasteiger partial charge in [0.1, 0.15) is 23.1 Å². The molecule has 1 aromatic heterocycles. The third-order valence-electron chi connectivity index (χ3n) is 5.94. The van der Waals surface area contributed by atoms with Gasteiger partial charge in [-0.25, -0.2) is 4.98 Å². The fraction of sp³-hybridized carbons (Fsp3) is 0.231. The fourth-order valence-electron chi connectivity index (χ4n) is 4.33. The number of amides is 1. The van der Waals surface area contributed by atoms with Crippen molar-refractivity contribution in [2.75, 3.05) is 20.8 Å². The summed E-state index contributed by atoms with van der Waals surface area (Å²) in [4.78, 5) is 19.8. The van der Waals surface area contributed by atoms with Crippen molar-refractivity contribution in [3.63, 3.8) is 0 Å². The van der Waals surface area contributed by atoms with E-state index in [0.717, 1.165) is 35.2 Å². The van der Waals surface area contributed by atoms with E-state index >= 15 is 0 Å². The Morgan fingerprint density at radius 1 is 1.03 bits per heavy atom. The minimum Gasteiger partial charge on any atom is -0.497 e. The van der Waals surface area contributed by atoms with Gasteiger partial charge in [0.2, 0.25) is 5.89 Å². The Labute approximate surface area is 186 Å². The van der Waals surface area contributed by atoms with E-state index in [1.807, 2.05) is 65.6 Å². The maximum absolute atomic E-state index is 13.2. The lowest BCUT2D eigenvalue weighted by Gasteiger charge is -2.22. The van der Waals surface area contributed by atoms with Crippen molar-refractivity contribution >= 4 is 17.0 Å². The van der Waals surface area contributed by atoms with Crippen LogP contribution in [0.25, 0.3) is 22.2 Å². The van der Waals surface area contributed by atoms with E-state index in [0.29, 0.717) is 29.3 Å². The van der Waals surface area contributed by atoms with Gasteiger partial charge in [0.05, 0.1) is 14.2 Å². The van der Waals surface area contributed by atoms with Crippen molar-refractivity contribution in [2.45, 2.75) is 18.9 Å². The molecule has 1 fully saturated rings. The highest BCUT2D eigenvalue weighted by Gasteiger charge is 2.34. The topological polar surface area (TPSA) is 64.8 Å². The summed E-state index contributed by atoms with van der Waals surface area (Å²) in [7, 11) is 3.26. The monoisotopic (exact) mass is 428 g/mol. The van der Waals surface area contributed by atoms with Crippen molar-refractivity contribution < 1.29 is 18.7 Å². The van der Waals surface area contributed by atoms with Crippen LogP contribution in [0.3, 0.4) is 0 Å². The first-order valence-corrected chi connectivity index (χ1v) is 10.7. The van der Waals surface area contributed by atoms with E-state index in [9.17, 15) is 4.79 Å². The van der Waals surface area contributed by atoms with E-state index in [-0.39, 0.29) is 11.9 Å². The van der Waals surface area contributed by atoms with Crippen molar-refractivity contribution in [1.82, 2.24) is 9.88 Å². The number of ether oxygens (including phenoxy) is 2. The highest BCUT2D eigenvalue weighted by atomic mass is 16.5. The Morgan fingerprint density at radius 3 is 2.75 bits per heavy atom. The first kappa shape index (κ1) is 20.1. The van der Waals surface area contributed by atoms with Crippen molar-refractivity contribution in [3.05, 3.63) is 78.2 Å². The predicted octanol–water partition coefficient (Wildman–Crippen LogP) is 5.49. The minimum atomic E-state index is -0.184. The molecule has 1 amide bonds. The van der Waals surface area contributed by atoms with Crippen LogP contribution in [0.5, 0.6) is 11.5 Å². The number of oxazole rings is 1. The largest absolute Gasteiger partial charge is 0.497 e. The molecule has 6 nitrogen and oxygen atoms in total. The number of fused-ring (bicyclic) bond motifs is 1. The lowest BCUT2D eigenvalue weighted by atomic mass is 10.0. The average molecular weight is 428 g/mol. The maximum atomic E-state index is 13.2. The van der Waals surface area contributed by atoms with Crippen LogP contribution in [-0.4, -0.2) is 36.6 Å². The van der Waals surface area contributed by atoms with Crippen LogP contribution in [0.2, 0.25) is 0 Å². The van der Waals surface area contributed by atoms with Crippen molar-refractivity contribution in [3.8, 4) is 22.6 Å². The number of benzene rings is 3. The van der Waals surface area contributed by atoms with Crippen molar-refractivity contribution in [1.29, 1.82) is 0 Å². The smallest absolute Gasteiger partial charge is 0.254 e. The number of likely N-dealkylation sites (tertiary alicyclic amines) is 1. The van der Waals surface area contributed by atoms with Gasteiger partial charge in [0.15, 0.2) is 5.58 Å². The molecule has 0 spiro atoms. The molecule has 1 saturated heterocycles. The summed E-state index contributed by atoms with van der Waals surface area (Å²) in [6, 6.07) is 20.9. The molecular weight excluding hydrogens is 404 g/mol. The second-order valence-electron chi connectivity index (χ2n) is 7.82. The van der Waals surface area contributed by atoms with Crippen LogP contribution in [0.1, 0.15) is 35.1 Å². The number of hydrogen-bond acceptors (Lipinski definition) is 5. The van der Waals surface area contributed by atoms with Gasteiger partial charge in [-0.15, -0.1) is 0 Å². The Kier molecular flexibility index (Phi) is 5.27. The van der Waals surface area contributed by atoms with Crippen LogP contribution >= 0.6 is 0 Å². The number of nitrogens with zero attached hydrogens (tertiary/aromatic N) is 2. The molecule has 1 aliphatic rings.